The van der Waals surface area contributed by atoms with Crippen LogP contribution in [0.4, 0.5) is 0 Å². The zero-order valence-electron chi connectivity index (χ0n) is 14.1. The number of nitrogens with zero attached hydrogens (tertiary/aromatic N) is 4. The largest absolute Gasteiger partial charge is 0.300 e. The van der Waals surface area contributed by atoms with E-state index >= 15 is 0 Å². The van der Waals surface area contributed by atoms with E-state index in [9.17, 15) is 0 Å². The maximum absolute atomic E-state index is 4.87. The van der Waals surface area contributed by atoms with Crippen LogP contribution in [0, 0.1) is 0 Å². The number of aromatic nitrogens is 2. The fraction of sp³-hybridized carbons (Fsp3) is 0.368. The number of fused-ring (bicyclic) bond motifs is 2. The van der Waals surface area contributed by atoms with Crippen molar-refractivity contribution in [3.05, 3.63) is 59.2 Å². The highest BCUT2D eigenvalue weighted by atomic mass is 16.6. The zero-order chi connectivity index (χ0) is 16.5. The van der Waals surface area contributed by atoms with Crippen molar-refractivity contribution in [3.63, 3.8) is 0 Å². The molecule has 0 saturated heterocycles. The van der Waals surface area contributed by atoms with Gasteiger partial charge < -0.3 is 4.90 Å². The molecule has 1 aromatic heterocycles. The van der Waals surface area contributed by atoms with Crippen LogP contribution in [0.5, 0.6) is 0 Å². The van der Waals surface area contributed by atoms with Gasteiger partial charge in [-0.1, -0.05) is 36.4 Å². The highest BCUT2D eigenvalue weighted by molar-refractivity contribution is 5.76. The second-order valence-electron chi connectivity index (χ2n) is 6.79. The van der Waals surface area contributed by atoms with E-state index in [4.69, 9.17) is 4.63 Å². The Morgan fingerprint density at radius 3 is 2.83 bits per heavy atom. The van der Waals surface area contributed by atoms with Gasteiger partial charge in [0.2, 0.25) is 0 Å². The molecule has 0 unspecified atom stereocenters. The number of hydrogen-bond donors (Lipinski definition) is 0. The van der Waals surface area contributed by atoms with Gasteiger partial charge in [0, 0.05) is 25.7 Å². The molecule has 24 heavy (non-hydrogen) atoms. The van der Waals surface area contributed by atoms with Gasteiger partial charge in [-0.3, -0.25) is 4.90 Å². The third-order valence-corrected chi connectivity index (χ3v) is 4.95. The maximum atomic E-state index is 4.87. The van der Waals surface area contributed by atoms with E-state index in [-0.39, 0.29) is 0 Å². The minimum atomic E-state index is 0.527. The van der Waals surface area contributed by atoms with Crippen LogP contribution in [-0.2, 0) is 19.5 Å². The Kier molecular flexibility index (Phi) is 4.04. The normalized spacial score (nSPS) is 18.2. The first-order chi connectivity index (χ1) is 11.7. The van der Waals surface area contributed by atoms with Crippen molar-refractivity contribution in [3.8, 4) is 0 Å². The molecule has 1 aliphatic rings. The van der Waals surface area contributed by atoms with Crippen LogP contribution >= 0.6 is 0 Å². The Balaban J connectivity index is 1.46. The molecule has 0 amide bonds. The first-order valence-corrected chi connectivity index (χ1v) is 8.36. The lowest BCUT2D eigenvalue weighted by Gasteiger charge is -2.36. The summed E-state index contributed by atoms with van der Waals surface area (Å²) < 4.78 is 4.87. The van der Waals surface area contributed by atoms with Crippen LogP contribution in [0.1, 0.15) is 16.7 Å². The third kappa shape index (κ3) is 2.92. The van der Waals surface area contributed by atoms with E-state index < -0.39 is 0 Å². The standard InChI is InChI=1S/C19H22N4O/c1-22(11-16-8-5-9-18-19(16)21-24-20-18)13-17-10-14-6-3-4-7-15(14)12-23(17)2/h3-9,17H,10-13H2,1-2H3/t17-/m0/s1. The summed E-state index contributed by atoms with van der Waals surface area (Å²) in [5, 5.41) is 7.97. The predicted octanol–water partition coefficient (Wildman–Crippen LogP) is 2.71. The van der Waals surface area contributed by atoms with Crippen molar-refractivity contribution >= 4 is 11.0 Å². The predicted molar refractivity (Wildman–Crippen MR) is 93.5 cm³/mol. The average molecular weight is 322 g/mol. The lowest BCUT2D eigenvalue weighted by molar-refractivity contribution is 0.159. The van der Waals surface area contributed by atoms with Crippen molar-refractivity contribution in [2.45, 2.75) is 25.6 Å². The molecule has 5 heteroatoms. The third-order valence-electron chi connectivity index (χ3n) is 4.95. The fourth-order valence-electron chi connectivity index (χ4n) is 3.63. The summed E-state index contributed by atoms with van der Waals surface area (Å²) in [6.07, 6.45) is 1.10. The minimum Gasteiger partial charge on any atom is -0.300 e. The van der Waals surface area contributed by atoms with Crippen molar-refractivity contribution in [1.82, 2.24) is 20.1 Å². The molecule has 0 bridgehead atoms. The van der Waals surface area contributed by atoms with Crippen molar-refractivity contribution < 1.29 is 4.63 Å². The van der Waals surface area contributed by atoms with Gasteiger partial charge in [-0.2, -0.15) is 0 Å². The number of rotatable bonds is 4. The monoisotopic (exact) mass is 322 g/mol. The molecule has 5 nitrogen and oxygen atoms in total. The summed E-state index contributed by atoms with van der Waals surface area (Å²) in [7, 11) is 4.39. The minimum absolute atomic E-state index is 0.527. The molecule has 0 spiro atoms. The van der Waals surface area contributed by atoms with Gasteiger partial charge in [0.25, 0.3) is 0 Å². The van der Waals surface area contributed by atoms with Gasteiger partial charge in [0.15, 0.2) is 0 Å². The van der Waals surface area contributed by atoms with Crippen LogP contribution in [0.15, 0.2) is 47.1 Å². The average Bonchev–Trinajstić information content (AvgIpc) is 3.05. The van der Waals surface area contributed by atoms with E-state index in [1.54, 1.807) is 0 Å². The van der Waals surface area contributed by atoms with Gasteiger partial charge in [-0.15, -0.1) is 0 Å². The van der Waals surface area contributed by atoms with Gasteiger partial charge in [-0.25, -0.2) is 4.63 Å². The Morgan fingerprint density at radius 1 is 1.12 bits per heavy atom. The Bertz CT molecular complexity index is 844. The number of likely N-dealkylation sites (N-methyl/N-ethyl adjacent to an activating group) is 2. The Morgan fingerprint density at radius 2 is 1.96 bits per heavy atom. The molecule has 0 fully saturated rings. The fourth-order valence-corrected chi connectivity index (χ4v) is 3.63. The Hall–Kier alpha value is -2.24. The molecule has 0 N–H and O–H groups in total. The summed E-state index contributed by atoms with van der Waals surface area (Å²) in [5.74, 6) is 0. The maximum Gasteiger partial charge on any atom is 0.139 e. The lowest BCUT2D eigenvalue weighted by Crippen LogP contribution is -2.44. The summed E-state index contributed by atoms with van der Waals surface area (Å²) in [6.45, 7) is 2.89. The van der Waals surface area contributed by atoms with Crippen molar-refractivity contribution in [1.29, 1.82) is 0 Å². The molecule has 3 aromatic rings. The van der Waals surface area contributed by atoms with Crippen molar-refractivity contribution in [2.75, 3.05) is 20.6 Å². The summed E-state index contributed by atoms with van der Waals surface area (Å²) in [6, 6.07) is 15.3. The molecular weight excluding hydrogens is 300 g/mol. The van der Waals surface area contributed by atoms with Gasteiger partial charge in [0.1, 0.15) is 11.0 Å². The molecule has 1 atom stereocenters. The van der Waals surface area contributed by atoms with E-state index in [2.05, 4.69) is 64.5 Å². The van der Waals surface area contributed by atoms with Crippen LogP contribution in [0.3, 0.4) is 0 Å². The number of benzene rings is 2. The van der Waals surface area contributed by atoms with Gasteiger partial charge in [0.05, 0.1) is 0 Å². The van der Waals surface area contributed by atoms with E-state index in [0.717, 1.165) is 42.7 Å². The first-order valence-electron chi connectivity index (χ1n) is 8.36. The smallest absolute Gasteiger partial charge is 0.139 e. The highest BCUT2D eigenvalue weighted by Crippen LogP contribution is 2.23. The highest BCUT2D eigenvalue weighted by Gasteiger charge is 2.24. The second-order valence-corrected chi connectivity index (χ2v) is 6.79. The van der Waals surface area contributed by atoms with Crippen LogP contribution in [-0.4, -0.2) is 46.8 Å². The topological polar surface area (TPSA) is 45.4 Å². The molecular formula is C19H22N4O. The number of hydrogen-bond acceptors (Lipinski definition) is 5. The van der Waals surface area contributed by atoms with Crippen molar-refractivity contribution in [2.24, 2.45) is 0 Å². The molecule has 0 saturated carbocycles. The van der Waals surface area contributed by atoms with Gasteiger partial charge >= 0.3 is 0 Å². The van der Waals surface area contributed by atoms with Gasteiger partial charge in [-0.05, 0) is 53.6 Å². The lowest BCUT2D eigenvalue weighted by atomic mass is 9.94. The Labute approximate surface area is 141 Å². The van der Waals surface area contributed by atoms with E-state index in [1.165, 1.54) is 11.1 Å². The van der Waals surface area contributed by atoms with E-state index in [1.807, 2.05) is 12.1 Å². The van der Waals surface area contributed by atoms with Crippen LogP contribution in [0.25, 0.3) is 11.0 Å². The summed E-state index contributed by atoms with van der Waals surface area (Å²) >= 11 is 0. The molecule has 0 radical (unpaired) electrons. The zero-order valence-corrected chi connectivity index (χ0v) is 14.1. The second kappa shape index (κ2) is 6.34. The first kappa shape index (κ1) is 15.3. The quantitative estimate of drug-likeness (QED) is 0.739. The van der Waals surface area contributed by atoms with E-state index in [0.29, 0.717) is 6.04 Å². The molecule has 124 valence electrons. The molecule has 2 aromatic carbocycles. The van der Waals surface area contributed by atoms with Crippen LogP contribution < -0.4 is 0 Å². The molecule has 0 aliphatic carbocycles. The SMILES string of the molecule is CN(Cc1cccc2nonc12)C[C@@H]1Cc2ccccc2CN1C. The summed E-state index contributed by atoms with van der Waals surface area (Å²) in [4.78, 5) is 4.82. The summed E-state index contributed by atoms with van der Waals surface area (Å²) in [5.41, 5.74) is 5.79. The molecule has 2 heterocycles. The molecule has 1 aliphatic heterocycles. The van der Waals surface area contributed by atoms with Crippen LogP contribution in [0.2, 0.25) is 0 Å². The molecule has 4 rings (SSSR count).